The van der Waals surface area contributed by atoms with Crippen molar-refractivity contribution < 1.29 is 8.42 Å². The van der Waals surface area contributed by atoms with Crippen molar-refractivity contribution in [3.8, 4) is 0 Å². The van der Waals surface area contributed by atoms with Gasteiger partial charge in [-0.25, -0.2) is 8.42 Å². The highest BCUT2D eigenvalue weighted by molar-refractivity contribution is 7.90. The summed E-state index contributed by atoms with van der Waals surface area (Å²) in [6.45, 7) is 4.30. The second-order valence-corrected chi connectivity index (χ2v) is 6.51. The summed E-state index contributed by atoms with van der Waals surface area (Å²) in [4.78, 5) is 0.388. The van der Waals surface area contributed by atoms with Crippen LogP contribution < -0.4 is 5.32 Å². The zero-order chi connectivity index (χ0) is 13.1. The molecule has 0 fully saturated rings. The summed E-state index contributed by atoms with van der Waals surface area (Å²) in [6, 6.07) is 7.38. The average Bonchev–Trinajstić information content (AvgIpc) is 2.29. The molecule has 17 heavy (non-hydrogen) atoms. The van der Waals surface area contributed by atoms with E-state index in [0.717, 1.165) is 12.0 Å². The van der Waals surface area contributed by atoms with Gasteiger partial charge in [0.05, 0.1) is 4.90 Å². The van der Waals surface area contributed by atoms with E-state index in [1.807, 2.05) is 13.1 Å². The first-order valence-electron chi connectivity index (χ1n) is 5.87. The van der Waals surface area contributed by atoms with E-state index < -0.39 is 9.84 Å². The SMILES string of the molecule is CCC(C)C(NC)c1cccc(S(C)(=O)=O)c1. The Bertz CT molecular complexity index is 468. The molecule has 0 aliphatic carbocycles. The van der Waals surface area contributed by atoms with Crippen LogP contribution in [-0.4, -0.2) is 21.7 Å². The maximum absolute atomic E-state index is 11.5. The van der Waals surface area contributed by atoms with Crippen molar-refractivity contribution in [3.05, 3.63) is 29.8 Å². The van der Waals surface area contributed by atoms with Gasteiger partial charge in [-0.05, 0) is 30.7 Å². The van der Waals surface area contributed by atoms with Gasteiger partial charge in [0.15, 0.2) is 9.84 Å². The van der Waals surface area contributed by atoms with E-state index in [0.29, 0.717) is 10.8 Å². The Hall–Kier alpha value is -0.870. The molecule has 0 heterocycles. The van der Waals surface area contributed by atoms with Crippen LogP contribution in [0, 0.1) is 5.92 Å². The lowest BCUT2D eigenvalue weighted by atomic mass is 9.93. The Kier molecular flexibility index (Phi) is 4.71. The Morgan fingerprint density at radius 3 is 2.47 bits per heavy atom. The number of rotatable bonds is 5. The third-order valence-electron chi connectivity index (χ3n) is 3.17. The van der Waals surface area contributed by atoms with Crippen LogP contribution in [0.4, 0.5) is 0 Å². The van der Waals surface area contributed by atoms with E-state index in [-0.39, 0.29) is 6.04 Å². The first kappa shape index (κ1) is 14.2. The van der Waals surface area contributed by atoms with E-state index in [1.54, 1.807) is 18.2 Å². The maximum Gasteiger partial charge on any atom is 0.175 e. The normalized spacial score (nSPS) is 15.5. The largest absolute Gasteiger partial charge is 0.313 e. The molecule has 0 aliphatic heterocycles. The summed E-state index contributed by atoms with van der Waals surface area (Å²) in [5, 5.41) is 3.25. The Balaban J connectivity index is 3.14. The highest BCUT2D eigenvalue weighted by atomic mass is 32.2. The molecule has 0 aromatic heterocycles. The van der Waals surface area contributed by atoms with Crippen LogP contribution >= 0.6 is 0 Å². The van der Waals surface area contributed by atoms with Gasteiger partial charge < -0.3 is 5.32 Å². The summed E-state index contributed by atoms with van der Waals surface area (Å²) in [5.41, 5.74) is 1.03. The molecule has 0 aliphatic rings. The van der Waals surface area contributed by atoms with Gasteiger partial charge in [0.1, 0.15) is 0 Å². The Morgan fingerprint density at radius 1 is 1.35 bits per heavy atom. The molecule has 0 saturated carbocycles. The molecule has 0 spiro atoms. The number of hydrogen-bond donors (Lipinski definition) is 1. The number of benzene rings is 1. The molecule has 1 N–H and O–H groups in total. The minimum absolute atomic E-state index is 0.196. The number of hydrogen-bond acceptors (Lipinski definition) is 3. The van der Waals surface area contributed by atoms with Gasteiger partial charge in [-0.15, -0.1) is 0 Å². The summed E-state index contributed by atoms with van der Waals surface area (Å²) in [6.07, 6.45) is 2.29. The van der Waals surface area contributed by atoms with Crippen molar-refractivity contribution >= 4 is 9.84 Å². The highest BCUT2D eigenvalue weighted by Crippen LogP contribution is 2.25. The fourth-order valence-electron chi connectivity index (χ4n) is 1.95. The van der Waals surface area contributed by atoms with Gasteiger partial charge in [0, 0.05) is 12.3 Å². The zero-order valence-corrected chi connectivity index (χ0v) is 11.7. The second-order valence-electron chi connectivity index (χ2n) is 4.50. The molecule has 1 rings (SSSR count). The van der Waals surface area contributed by atoms with Crippen LogP contribution in [-0.2, 0) is 9.84 Å². The molecular weight excluding hydrogens is 234 g/mol. The molecule has 96 valence electrons. The van der Waals surface area contributed by atoms with Gasteiger partial charge >= 0.3 is 0 Å². The smallest absolute Gasteiger partial charge is 0.175 e. The first-order valence-corrected chi connectivity index (χ1v) is 7.76. The van der Waals surface area contributed by atoms with Crippen LogP contribution in [0.1, 0.15) is 31.9 Å². The fourth-order valence-corrected chi connectivity index (χ4v) is 2.63. The monoisotopic (exact) mass is 255 g/mol. The minimum Gasteiger partial charge on any atom is -0.313 e. The molecule has 0 saturated heterocycles. The third kappa shape index (κ3) is 3.54. The average molecular weight is 255 g/mol. The van der Waals surface area contributed by atoms with Crippen LogP contribution in [0.2, 0.25) is 0 Å². The molecule has 0 radical (unpaired) electrons. The predicted molar refractivity (Wildman–Crippen MR) is 70.8 cm³/mol. The third-order valence-corrected chi connectivity index (χ3v) is 4.28. The summed E-state index contributed by atoms with van der Waals surface area (Å²) < 4.78 is 23.0. The van der Waals surface area contributed by atoms with Gasteiger partial charge in [0.2, 0.25) is 0 Å². The highest BCUT2D eigenvalue weighted by Gasteiger charge is 2.17. The first-order chi connectivity index (χ1) is 7.90. The summed E-state index contributed by atoms with van der Waals surface area (Å²) in [7, 11) is -1.22. The van der Waals surface area contributed by atoms with Crippen molar-refractivity contribution in [3.63, 3.8) is 0 Å². The topological polar surface area (TPSA) is 46.2 Å². The van der Waals surface area contributed by atoms with Gasteiger partial charge in [0.25, 0.3) is 0 Å². The van der Waals surface area contributed by atoms with Crippen molar-refractivity contribution in [2.24, 2.45) is 5.92 Å². The molecule has 1 aromatic carbocycles. The molecule has 4 heteroatoms. The lowest BCUT2D eigenvalue weighted by molar-refractivity contribution is 0.400. The van der Waals surface area contributed by atoms with E-state index in [4.69, 9.17) is 0 Å². The van der Waals surface area contributed by atoms with Crippen molar-refractivity contribution in [2.45, 2.75) is 31.2 Å². The number of nitrogens with one attached hydrogen (secondary N) is 1. The van der Waals surface area contributed by atoms with Crippen LogP contribution in [0.25, 0.3) is 0 Å². The quantitative estimate of drug-likeness (QED) is 0.878. The molecular formula is C13H21NO2S. The Labute approximate surface area is 104 Å². The molecule has 2 atom stereocenters. The fraction of sp³-hybridized carbons (Fsp3) is 0.538. The van der Waals surface area contributed by atoms with Gasteiger partial charge in [-0.2, -0.15) is 0 Å². The Morgan fingerprint density at radius 2 is 2.00 bits per heavy atom. The second kappa shape index (κ2) is 5.65. The summed E-state index contributed by atoms with van der Waals surface area (Å²) >= 11 is 0. The van der Waals surface area contributed by atoms with Crippen LogP contribution in [0.15, 0.2) is 29.2 Å². The van der Waals surface area contributed by atoms with Gasteiger partial charge in [-0.1, -0.05) is 32.4 Å². The minimum atomic E-state index is -3.13. The molecule has 0 bridgehead atoms. The van der Waals surface area contributed by atoms with Crippen molar-refractivity contribution in [2.75, 3.05) is 13.3 Å². The van der Waals surface area contributed by atoms with E-state index in [2.05, 4.69) is 19.2 Å². The van der Waals surface area contributed by atoms with E-state index >= 15 is 0 Å². The number of sulfone groups is 1. The van der Waals surface area contributed by atoms with E-state index in [1.165, 1.54) is 6.26 Å². The van der Waals surface area contributed by atoms with Gasteiger partial charge in [-0.3, -0.25) is 0 Å². The zero-order valence-electron chi connectivity index (χ0n) is 10.9. The van der Waals surface area contributed by atoms with E-state index in [9.17, 15) is 8.42 Å². The lowest BCUT2D eigenvalue weighted by Gasteiger charge is -2.23. The molecule has 1 aromatic rings. The lowest BCUT2D eigenvalue weighted by Crippen LogP contribution is -2.23. The standard InChI is InChI=1S/C13H21NO2S/c1-5-10(2)13(14-3)11-7-6-8-12(9-11)17(4,15)16/h6-10,13-14H,5H2,1-4H3. The van der Waals surface area contributed by atoms with Crippen molar-refractivity contribution in [1.29, 1.82) is 0 Å². The molecule has 2 unspecified atom stereocenters. The van der Waals surface area contributed by atoms with Crippen LogP contribution in [0.5, 0.6) is 0 Å². The van der Waals surface area contributed by atoms with Crippen molar-refractivity contribution in [1.82, 2.24) is 5.32 Å². The van der Waals surface area contributed by atoms with Crippen LogP contribution in [0.3, 0.4) is 0 Å². The molecule has 3 nitrogen and oxygen atoms in total. The maximum atomic E-state index is 11.5. The summed E-state index contributed by atoms with van der Waals surface area (Å²) in [5.74, 6) is 0.467. The predicted octanol–water partition coefficient (Wildman–Crippen LogP) is 2.40. The molecule has 0 amide bonds.